The molecule has 4 nitrogen and oxygen atoms in total. The van der Waals surface area contributed by atoms with Crippen molar-refractivity contribution in [2.45, 2.75) is 6.54 Å². The number of nitrogens with two attached hydrogens (primary N) is 1. The van der Waals surface area contributed by atoms with Crippen molar-refractivity contribution < 1.29 is 9.90 Å². The summed E-state index contributed by atoms with van der Waals surface area (Å²) in [7, 11) is 0. The van der Waals surface area contributed by atoms with Crippen molar-refractivity contribution in [1.82, 2.24) is 5.32 Å². The molecule has 1 amide bonds. The minimum Gasteiger partial charge on any atom is -0.508 e. The van der Waals surface area contributed by atoms with Crippen LogP contribution in [0.15, 0.2) is 72.8 Å². The zero-order valence-corrected chi connectivity index (χ0v) is 13.1. The van der Waals surface area contributed by atoms with Gasteiger partial charge in [0.1, 0.15) is 5.75 Å². The molecular formula is C20H18N2O2. The van der Waals surface area contributed by atoms with Crippen LogP contribution in [0.3, 0.4) is 0 Å². The third kappa shape index (κ3) is 3.73. The average Bonchev–Trinajstić information content (AvgIpc) is 2.61. The Labute approximate surface area is 140 Å². The molecule has 0 heterocycles. The van der Waals surface area contributed by atoms with Crippen molar-refractivity contribution in [3.8, 4) is 16.9 Å². The minimum absolute atomic E-state index is 0.130. The maximum Gasteiger partial charge on any atom is 0.251 e. The van der Waals surface area contributed by atoms with Crippen LogP contribution >= 0.6 is 0 Å². The van der Waals surface area contributed by atoms with Gasteiger partial charge in [0, 0.05) is 17.8 Å². The number of nitrogens with one attached hydrogen (secondary N) is 1. The summed E-state index contributed by atoms with van der Waals surface area (Å²) in [5, 5.41) is 12.2. The van der Waals surface area contributed by atoms with E-state index in [0.29, 0.717) is 17.8 Å². The Hall–Kier alpha value is -3.27. The summed E-state index contributed by atoms with van der Waals surface area (Å²) >= 11 is 0. The Kier molecular flexibility index (Phi) is 4.47. The predicted molar refractivity (Wildman–Crippen MR) is 95.6 cm³/mol. The second-order valence-electron chi connectivity index (χ2n) is 5.55. The average molecular weight is 318 g/mol. The van der Waals surface area contributed by atoms with E-state index in [1.165, 1.54) is 0 Å². The molecule has 0 fully saturated rings. The molecule has 0 aromatic heterocycles. The summed E-state index contributed by atoms with van der Waals surface area (Å²) in [4.78, 5) is 12.2. The van der Waals surface area contributed by atoms with Crippen molar-refractivity contribution in [2.24, 2.45) is 0 Å². The lowest BCUT2D eigenvalue weighted by molar-refractivity contribution is 0.0951. The maximum atomic E-state index is 12.2. The summed E-state index contributed by atoms with van der Waals surface area (Å²) < 4.78 is 0. The van der Waals surface area contributed by atoms with Crippen LogP contribution in [0.1, 0.15) is 15.9 Å². The van der Waals surface area contributed by atoms with E-state index in [9.17, 15) is 9.90 Å². The van der Waals surface area contributed by atoms with E-state index in [4.69, 9.17) is 5.73 Å². The fourth-order valence-electron chi connectivity index (χ4n) is 2.46. The van der Waals surface area contributed by atoms with Gasteiger partial charge in [0.25, 0.3) is 5.91 Å². The normalized spacial score (nSPS) is 10.3. The summed E-state index contributed by atoms with van der Waals surface area (Å²) in [6.07, 6.45) is 0. The predicted octanol–water partition coefficient (Wildman–Crippen LogP) is 3.57. The van der Waals surface area contributed by atoms with Crippen molar-refractivity contribution in [1.29, 1.82) is 0 Å². The number of amides is 1. The first-order chi connectivity index (χ1) is 11.6. The van der Waals surface area contributed by atoms with E-state index in [0.717, 1.165) is 16.7 Å². The summed E-state index contributed by atoms with van der Waals surface area (Å²) in [5.74, 6) is 0.103. The Balaban J connectivity index is 1.66. The van der Waals surface area contributed by atoms with Gasteiger partial charge in [-0.1, -0.05) is 36.4 Å². The van der Waals surface area contributed by atoms with Gasteiger partial charge in [0.15, 0.2) is 0 Å². The molecule has 4 N–H and O–H groups in total. The number of anilines is 1. The SMILES string of the molecule is Nc1cccc(CNC(=O)c2ccc(-c3ccc(O)cc3)cc2)c1. The molecule has 24 heavy (non-hydrogen) atoms. The molecule has 0 atom stereocenters. The molecule has 0 saturated carbocycles. The molecule has 120 valence electrons. The Morgan fingerprint density at radius 1 is 0.917 bits per heavy atom. The van der Waals surface area contributed by atoms with Crippen LogP contribution < -0.4 is 11.1 Å². The van der Waals surface area contributed by atoms with Gasteiger partial charge in [-0.25, -0.2) is 0 Å². The Morgan fingerprint density at radius 3 is 2.17 bits per heavy atom. The van der Waals surface area contributed by atoms with Crippen LogP contribution in [0.2, 0.25) is 0 Å². The van der Waals surface area contributed by atoms with E-state index < -0.39 is 0 Å². The zero-order valence-electron chi connectivity index (χ0n) is 13.1. The number of aromatic hydroxyl groups is 1. The number of carbonyl (C=O) groups is 1. The second kappa shape index (κ2) is 6.87. The van der Waals surface area contributed by atoms with Crippen molar-refractivity contribution in [3.63, 3.8) is 0 Å². The second-order valence-corrected chi connectivity index (χ2v) is 5.55. The van der Waals surface area contributed by atoms with Crippen molar-refractivity contribution in [2.75, 3.05) is 5.73 Å². The van der Waals surface area contributed by atoms with Crippen LogP contribution in [-0.2, 0) is 6.54 Å². The number of phenols is 1. The van der Waals surface area contributed by atoms with Crippen LogP contribution in [0.4, 0.5) is 5.69 Å². The maximum absolute atomic E-state index is 12.2. The first kappa shape index (κ1) is 15.6. The smallest absolute Gasteiger partial charge is 0.251 e. The molecule has 4 heteroatoms. The van der Waals surface area contributed by atoms with Crippen LogP contribution in [0.5, 0.6) is 5.75 Å². The third-order valence-electron chi connectivity index (χ3n) is 3.75. The number of nitrogen functional groups attached to an aromatic ring is 1. The third-order valence-corrected chi connectivity index (χ3v) is 3.75. The number of carbonyl (C=O) groups excluding carboxylic acids is 1. The highest BCUT2D eigenvalue weighted by molar-refractivity contribution is 5.94. The molecule has 0 aliphatic rings. The molecule has 0 aliphatic carbocycles. The number of benzene rings is 3. The highest BCUT2D eigenvalue weighted by Gasteiger charge is 2.06. The number of phenolic OH excluding ortho intramolecular Hbond substituents is 1. The molecule has 0 spiro atoms. The Bertz CT molecular complexity index is 840. The number of rotatable bonds is 4. The highest BCUT2D eigenvalue weighted by atomic mass is 16.3. The first-order valence-electron chi connectivity index (χ1n) is 7.64. The van der Waals surface area contributed by atoms with Gasteiger partial charge in [0.05, 0.1) is 0 Å². The van der Waals surface area contributed by atoms with E-state index in [1.807, 2.05) is 48.5 Å². The van der Waals surface area contributed by atoms with Gasteiger partial charge in [0.2, 0.25) is 0 Å². The van der Waals surface area contributed by atoms with E-state index in [-0.39, 0.29) is 11.7 Å². The minimum atomic E-state index is -0.130. The topological polar surface area (TPSA) is 75.3 Å². The van der Waals surface area contributed by atoms with Crippen LogP contribution in [0, 0.1) is 0 Å². The van der Waals surface area contributed by atoms with Gasteiger partial charge in [-0.2, -0.15) is 0 Å². The lowest BCUT2D eigenvalue weighted by Gasteiger charge is -2.07. The monoisotopic (exact) mass is 318 g/mol. The molecule has 0 radical (unpaired) electrons. The standard InChI is InChI=1S/C20H18N2O2/c21-18-3-1-2-14(12-18)13-22-20(24)17-6-4-15(5-7-17)16-8-10-19(23)11-9-16/h1-12,23H,13,21H2,(H,22,24). The van der Waals surface area contributed by atoms with E-state index >= 15 is 0 Å². The quantitative estimate of drug-likeness (QED) is 0.644. The molecule has 0 bridgehead atoms. The van der Waals surface area contributed by atoms with Gasteiger partial charge >= 0.3 is 0 Å². The first-order valence-corrected chi connectivity index (χ1v) is 7.64. The van der Waals surface area contributed by atoms with E-state index in [1.54, 1.807) is 24.3 Å². The summed E-state index contributed by atoms with van der Waals surface area (Å²) in [6, 6.07) is 21.8. The molecule has 3 aromatic rings. The fourth-order valence-corrected chi connectivity index (χ4v) is 2.46. The van der Waals surface area contributed by atoms with Crippen LogP contribution in [-0.4, -0.2) is 11.0 Å². The zero-order chi connectivity index (χ0) is 16.9. The lowest BCUT2D eigenvalue weighted by atomic mass is 10.0. The number of hydrogen-bond donors (Lipinski definition) is 3. The number of hydrogen-bond acceptors (Lipinski definition) is 3. The highest BCUT2D eigenvalue weighted by Crippen LogP contribution is 2.22. The molecule has 3 rings (SSSR count). The molecule has 0 saturated heterocycles. The van der Waals surface area contributed by atoms with Gasteiger partial charge in [-0.15, -0.1) is 0 Å². The lowest BCUT2D eigenvalue weighted by Crippen LogP contribution is -2.22. The molecule has 0 aliphatic heterocycles. The van der Waals surface area contributed by atoms with E-state index in [2.05, 4.69) is 5.32 Å². The molecule has 0 unspecified atom stereocenters. The van der Waals surface area contributed by atoms with Gasteiger partial charge in [-0.3, -0.25) is 4.79 Å². The van der Waals surface area contributed by atoms with Gasteiger partial charge in [-0.05, 0) is 53.1 Å². The molecule has 3 aromatic carbocycles. The summed E-state index contributed by atoms with van der Waals surface area (Å²) in [5.41, 5.74) is 9.94. The largest absolute Gasteiger partial charge is 0.508 e. The van der Waals surface area contributed by atoms with Crippen LogP contribution in [0.25, 0.3) is 11.1 Å². The van der Waals surface area contributed by atoms with Crippen molar-refractivity contribution in [3.05, 3.63) is 83.9 Å². The van der Waals surface area contributed by atoms with Crippen molar-refractivity contribution >= 4 is 11.6 Å². The van der Waals surface area contributed by atoms with Gasteiger partial charge < -0.3 is 16.2 Å². The fraction of sp³-hybridized carbons (Fsp3) is 0.0500. The molecular weight excluding hydrogens is 300 g/mol. The Morgan fingerprint density at radius 2 is 1.54 bits per heavy atom. The summed E-state index contributed by atoms with van der Waals surface area (Å²) in [6.45, 7) is 0.434.